The van der Waals surface area contributed by atoms with Crippen LogP contribution in [0.1, 0.15) is 40.2 Å². The summed E-state index contributed by atoms with van der Waals surface area (Å²) < 4.78 is 41.9. The molecule has 0 amide bonds. The SMILES string of the molecule is CC(C)(C)C(C)(C)n1ccc(C(F)(F)F)c(-c2ccccc2Cl)c1=O. The fraction of sp³-hybridized carbons (Fsp3) is 0.421. The van der Waals surface area contributed by atoms with Gasteiger partial charge in [-0.1, -0.05) is 50.6 Å². The van der Waals surface area contributed by atoms with Gasteiger partial charge in [-0.15, -0.1) is 0 Å². The smallest absolute Gasteiger partial charge is 0.309 e. The molecule has 25 heavy (non-hydrogen) atoms. The molecule has 2 nitrogen and oxygen atoms in total. The molecule has 1 heterocycles. The molecule has 1 aromatic carbocycles. The first-order chi connectivity index (χ1) is 11.3. The van der Waals surface area contributed by atoms with Gasteiger partial charge in [0.25, 0.3) is 5.56 Å². The van der Waals surface area contributed by atoms with E-state index in [-0.39, 0.29) is 16.0 Å². The van der Waals surface area contributed by atoms with Gasteiger partial charge in [0.1, 0.15) is 0 Å². The molecule has 0 atom stereocenters. The Morgan fingerprint density at radius 2 is 1.52 bits per heavy atom. The molecular weight excluding hydrogens is 351 g/mol. The van der Waals surface area contributed by atoms with Crippen molar-refractivity contribution in [2.24, 2.45) is 5.41 Å². The lowest BCUT2D eigenvalue weighted by atomic mass is 9.76. The first-order valence-corrected chi connectivity index (χ1v) is 8.24. The average molecular weight is 372 g/mol. The van der Waals surface area contributed by atoms with Crippen LogP contribution in [0.4, 0.5) is 13.2 Å². The summed E-state index contributed by atoms with van der Waals surface area (Å²) in [4.78, 5) is 13.1. The normalized spacial score (nSPS) is 13.2. The van der Waals surface area contributed by atoms with Crippen LogP contribution in [0.3, 0.4) is 0 Å². The Labute approximate surface area is 150 Å². The van der Waals surface area contributed by atoms with Crippen LogP contribution in [0.2, 0.25) is 5.02 Å². The van der Waals surface area contributed by atoms with Crippen molar-refractivity contribution in [3.63, 3.8) is 0 Å². The monoisotopic (exact) mass is 371 g/mol. The lowest BCUT2D eigenvalue weighted by Gasteiger charge is -2.41. The summed E-state index contributed by atoms with van der Waals surface area (Å²) in [6.45, 7) is 9.47. The topological polar surface area (TPSA) is 22.0 Å². The maximum absolute atomic E-state index is 13.5. The van der Waals surface area contributed by atoms with E-state index in [4.69, 9.17) is 11.6 Å². The number of pyridine rings is 1. The molecule has 0 aliphatic heterocycles. The number of halogens is 4. The van der Waals surface area contributed by atoms with Crippen LogP contribution in [0.25, 0.3) is 11.1 Å². The van der Waals surface area contributed by atoms with Gasteiger partial charge < -0.3 is 4.57 Å². The van der Waals surface area contributed by atoms with E-state index in [1.165, 1.54) is 22.9 Å². The standard InChI is InChI=1S/C19H21ClF3NO/c1-17(2,3)18(4,5)24-11-10-13(19(21,22)23)15(16(24)25)12-8-6-7-9-14(12)20/h6-11H,1-5H3. The third-order valence-corrected chi connectivity index (χ3v) is 5.31. The minimum absolute atomic E-state index is 0.0838. The second kappa shape index (κ2) is 6.20. The average Bonchev–Trinajstić information content (AvgIpc) is 2.45. The van der Waals surface area contributed by atoms with Gasteiger partial charge in [-0.25, -0.2) is 0 Å². The molecule has 0 aliphatic carbocycles. The molecule has 0 aliphatic rings. The molecule has 0 spiro atoms. The van der Waals surface area contributed by atoms with Crippen LogP contribution in [-0.4, -0.2) is 4.57 Å². The summed E-state index contributed by atoms with van der Waals surface area (Å²) in [5.74, 6) is 0. The quantitative estimate of drug-likeness (QED) is 0.637. The molecule has 2 rings (SSSR count). The van der Waals surface area contributed by atoms with E-state index in [2.05, 4.69) is 0 Å². The summed E-state index contributed by atoms with van der Waals surface area (Å²) >= 11 is 6.09. The molecule has 0 bridgehead atoms. The van der Waals surface area contributed by atoms with Crippen LogP contribution in [0, 0.1) is 5.41 Å². The van der Waals surface area contributed by atoms with Crippen molar-refractivity contribution in [3.05, 3.63) is 57.5 Å². The largest absolute Gasteiger partial charge is 0.417 e. The van der Waals surface area contributed by atoms with Crippen molar-refractivity contribution in [3.8, 4) is 11.1 Å². The first-order valence-electron chi connectivity index (χ1n) is 7.86. The third kappa shape index (κ3) is 3.47. The van der Waals surface area contributed by atoms with Gasteiger partial charge in [-0.3, -0.25) is 4.79 Å². The summed E-state index contributed by atoms with van der Waals surface area (Å²) in [5, 5.41) is 0.108. The molecule has 0 unspecified atom stereocenters. The van der Waals surface area contributed by atoms with Gasteiger partial charge in [-0.05, 0) is 31.4 Å². The molecular formula is C19H21ClF3NO. The highest BCUT2D eigenvalue weighted by Gasteiger charge is 2.40. The van der Waals surface area contributed by atoms with E-state index in [0.717, 1.165) is 6.07 Å². The van der Waals surface area contributed by atoms with Crippen LogP contribution >= 0.6 is 11.6 Å². The maximum atomic E-state index is 13.5. The molecule has 0 N–H and O–H groups in total. The summed E-state index contributed by atoms with van der Waals surface area (Å²) in [7, 11) is 0. The maximum Gasteiger partial charge on any atom is 0.417 e. The van der Waals surface area contributed by atoms with E-state index < -0.39 is 28.4 Å². The van der Waals surface area contributed by atoms with Gasteiger partial charge in [-0.2, -0.15) is 13.2 Å². The number of hydrogen-bond acceptors (Lipinski definition) is 1. The number of alkyl halides is 3. The molecule has 136 valence electrons. The highest BCUT2D eigenvalue weighted by molar-refractivity contribution is 6.33. The van der Waals surface area contributed by atoms with E-state index in [1.54, 1.807) is 12.1 Å². The van der Waals surface area contributed by atoms with Crippen LogP contribution in [0.5, 0.6) is 0 Å². The number of aromatic nitrogens is 1. The van der Waals surface area contributed by atoms with E-state index >= 15 is 0 Å². The highest BCUT2D eigenvalue weighted by atomic mass is 35.5. The summed E-state index contributed by atoms with van der Waals surface area (Å²) in [6, 6.07) is 7.03. The number of nitrogens with zero attached hydrogens (tertiary/aromatic N) is 1. The zero-order valence-corrected chi connectivity index (χ0v) is 15.6. The fourth-order valence-electron chi connectivity index (χ4n) is 2.50. The highest BCUT2D eigenvalue weighted by Crippen LogP contribution is 2.40. The summed E-state index contributed by atoms with van der Waals surface area (Å²) in [5.41, 5.74) is -3.08. The minimum Gasteiger partial charge on any atom is -0.309 e. The Kier molecular flexibility index (Phi) is 4.86. The van der Waals surface area contributed by atoms with Gasteiger partial charge in [0.15, 0.2) is 0 Å². The molecule has 6 heteroatoms. The Hall–Kier alpha value is -1.75. The first kappa shape index (κ1) is 19.6. The lowest BCUT2D eigenvalue weighted by Crippen LogP contribution is -2.46. The van der Waals surface area contributed by atoms with Gasteiger partial charge in [0.2, 0.25) is 0 Å². The van der Waals surface area contributed by atoms with E-state index in [0.29, 0.717) is 0 Å². The lowest BCUT2D eigenvalue weighted by molar-refractivity contribution is -0.137. The Balaban J connectivity index is 2.91. The predicted octanol–water partition coefficient (Wildman–Crippen LogP) is 5.97. The molecule has 2 aromatic rings. The van der Waals surface area contributed by atoms with Gasteiger partial charge in [0, 0.05) is 22.3 Å². The van der Waals surface area contributed by atoms with Crippen molar-refractivity contribution >= 4 is 11.6 Å². The molecule has 0 radical (unpaired) electrons. The molecule has 0 saturated heterocycles. The Bertz CT molecular complexity index is 845. The van der Waals surface area contributed by atoms with Crippen molar-refractivity contribution in [1.29, 1.82) is 0 Å². The zero-order chi connectivity index (χ0) is 19.2. The minimum atomic E-state index is -4.65. The van der Waals surface area contributed by atoms with E-state index in [1.807, 2.05) is 34.6 Å². The molecule has 0 saturated carbocycles. The third-order valence-electron chi connectivity index (χ3n) is 4.98. The predicted molar refractivity (Wildman–Crippen MR) is 94.9 cm³/mol. The van der Waals surface area contributed by atoms with E-state index in [9.17, 15) is 18.0 Å². The number of benzene rings is 1. The molecule has 0 fully saturated rings. The molecule has 1 aromatic heterocycles. The Morgan fingerprint density at radius 3 is 2.00 bits per heavy atom. The van der Waals surface area contributed by atoms with Crippen LogP contribution < -0.4 is 5.56 Å². The van der Waals surface area contributed by atoms with Crippen molar-refractivity contribution in [2.45, 2.75) is 46.3 Å². The van der Waals surface area contributed by atoms with Crippen molar-refractivity contribution in [2.75, 3.05) is 0 Å². The second-order valence-corrected chi connectivity index (χ2v) is 7.97. The summed E-state index contributed by atoms with van der Waals surface area (Å²) in [6.07, 6.45) is -3.44. The second-order valence-electron chi connectivity index (χ2n) is 7.57. The zero-order valence-electron chi connectivity index (χ0n) is 14.8. The van der Waals surface area contributed by atoms with Crippen molar-refractivity contribution in [1.82, 2.24) is 4.57 Å². The number of rotatable bonds is 2. The Morgan fingerprint density at radius 1 is 0.960 bits per heavy atom. The van der Waals surface area contributed by atoms with Gasteiger partial charge >= 0.3 is 6.18 Å². The fourth-order valence-corrected chi connectivity index (χ4v) is 2.73. The van der Waals surface area contributed by atoms with Crippen LogP contribution in [0.15, 0.2) is 41.3 Å². The van der Waals surface area contributed by atoms with Crippen LogP contribution in [-0.2, 0) is 11.7 Å². The van der Waals surface area contributed by atoms with Gasteiger partial charge in [0.05, 0.1) is 11.1 Å². The number of hydrogen-bond donors (Lipinski definition) is 0. The van der Waals surface area contributed by atoms with Crippen molar-refractivity contribution < 1.29 is 13.2 Å².